The van der Waals surface area contributed by atoms with E-state index in [2.05, 4.69) is 0 Å². The Balaban J connectivity index is 2.33. The number of hydrogen-bond acceptors (Lipinski definition) is 0. The van der Waals surface area contributed by atoms with Crippen LogP contribution in [0.1, 0.15) is 16.7 Å². The fourth-order valence-electron chi connectivity index (χ4n) is 2.47. The zero-order chi connectivity index (χ0) is 18.0. The Bertz CT molecular complexity index is 902. The van der Waals surface area contributed by atoms with Crippen molar-refractivity contribution >= 4 is 11.6 Å². The first kappa shape index (κ1) is 16.9. The van der Waals surface area contributed by atoms with Crippen molar-refractivity contribution in [2.45, 2.75) is 0 Å². The van der Waals surface area contributed by atoms with Gasteiger partial charge in [0, 0.05) is 0 Å². The maximum Gasteiger partial charge on any atom is 0.200 e. The predicted molar refractivity (Wildman–Crippen MR) is 86.1 cm³/mol. The van der Waals surface area contributed by atoms with Crippen LogP contribution in [0.15, 0.2) is 60.7 Å². The topological polar surface area (TPSA) is 0 Å². The Labute approximate surface area is 140 Å². The molecule has 0 aliphatic carbocycles. The van der Waals surface area contributed by atoms with Crippen LogP contribution in [0.5, 0.6) is 0 Å². The summed E-state index contributed by atoms with van der Waals surface area (Å²) in [6.45, 7) is 0. The highest BCUT2D eigenvalue weighted by Crippen LogP contribution is 2.33. The van der Waals surface area contributed by atoms with Crippen molar-refractivity contribution in [1.82, 2.24) is 0 Å². The summed E-state index contributed by atoms with van der Waals surface area (Å²) in [5.41, 5.74) is -0.161. The zero-order valence-corrected chi connectivity index (χ0v) is 12.7. The Morgan fingerprint density at radius 3 is 1.52 bits per heavy atom. The van der Waals surface area contributed by atoms with Crippen LogP contribution < -0.4 is 0 Å². The van der Waals surface area contributed by atoms with E-state index in [9.17, 15) is 22.0 Å². The van der Waals surface area contributed by atoms with E-state index in [4.69, 9.17) is 0 Å². The third-order valence-electron chi connectivity index (χ3n) is 3.67. The molecule has 0 radical (unpaired) electrons. The van der Waals surface area contributed by atoms with Crippen LogP contribution in [-0.4, -0.2) is 0 Å². The summed E-state index contributed by atoms with van der Waals surface area (Å²) >= 11 is 0. The normalized spacial score (nSPS) is 11.6. The molecular formula is C20H11F5. The first-order valence-electron chi connectivity index (χ1n) is 7.34. The molecule has 0 bridgehead atoms. The fourth-order valence-corrected chi connectivity index (χ4v) is 2.47. The molecule has 3 rings (SSSR count). The van der Waals surface area contributed by atoms with Gasteiger partial charge in [-0.15, -0.1) is 0 Å². The smallest absolute Gasteiger partial charge is 0.200 e. The Hall–Kier alpha value is -2.95. The quantitative estimate of drug-likeness (QED) is 0.237. The van der Waals surface area contributed by atoms with E-state index in [1.165, 1.54) is 18.2 Å². The summed E-state index contributed by atoms with van der Waals surface area (Å²) in [5.74, 6) is -9.83. The average molecular weight is 346 g/mol. The van der Waals surface area contributed by atoms with Gasteiger partial charge in [0.1, 0.15) is 0 Å². The molecule has 25 heavy (non-hydrogen) atoms. The molecule has 3 aromatic rings. The molecule has 5 heteroatoms. The average Bonchev–Trinajstić information content (AvgIpc) is 2.65. The minimum Gasteiger partial charge on any atom is -0.203 e. The summed E-state index contributed by atoms with van der Waals surface area (Å²) in [4.78, 5) is 0. The molecule has 0 unspecified atom stereocenters. The van der Waals surface area contributed by atoms with Crippen molar-refractivity contribution in [2.75, 3.05) is 0 Å². The fraction of sp³-hybridized carbons (Fsp3) is 0. The van der Waals surface area contributed by atoms with Crippen LogP contribution in [0.2, 0.25) is 0 Å². The lowest BCUT2D eigenvalue weighted by Crippen LogP contribution is -2.07. The van der Waals surface area contributed by atoms with E-state index in [0.29, 0.717) is 11.1 Å². The zero-order valence-electron chi connectivity index (χ0n) is 12.7. The first-order chi connectivity index (χ1) is 12.0. The second-order valence-corrected chi connectivity index (χ2v) is 5.28. The summed E-state index contributed by atoms with van der Waals surface area (Å²) in [5, 5.41) is 0. The molecule has 0 atom stereocenters. The van der Waals surface area contributed by atoms with Gasteiger partial charge in [-0.2, -0.15) is 0 Å². The van der Waals surface area contributed by atoms with Gasteiger partial charge in [0.25, 0.3) is 0 Å². The summed E-state index contributed by atoms with van der Waals surface area (Å²) < 4.78 is 69.2. The molecule has 0 nitrogen and oxygen atoms in total. The molecule has 0 spiro atoms. The van der Waals surface area contributed by atoms with Crippen molar-refractivity contribution in [3.63, 3.8) is 0 Å². The van der Waals surface area contributed by atoms with Crippen molar-refractivity contribution in [3.05, 3.63) is 106 Å². The van der Waals surface area contributed by atoms with Crippen molar-refractivity contribution in [2.24, 2.45) is 0 Å². The van der Waals surface area contributed by atoms with Gasteiger partial charge < -0.3 is 0 Å². The molecule has 0 aliphatic rings. The molecule has 0 saturated heterocycles. The van der Waals surface area contributed by atoms with E-state index in [1.54, 1.807) is 48.5 Å². The summed E-state index contributed by atoms with van der Waals surface area (Å²) in [6, 6.07) is 16.4. The van der Waals surface area contributed by atoms with Crippen LogP contribution in [0.25, 0.3) is 11.6 Å². The van der Waals surface area contributed by atoms with Crippen LogP contribution in [0.4, 0.5) is 22.0 Å². The summed E-state index contributed by atoms with van der Waals surface area (Å²) in [6.07, 6.45) is 1.38. The highest BCUT2D eigenvalue weighted by Gasteiger charge is 2.28. The third-order valence-corrected chi connectivity index (χ3v) is 3.67. The van der Waals surface area contributed by atoms with Crippen LogP contribution >= 0.6 is 0 Å². The molecule has 126 valence electrons. The molecule has 0 amide bonds. The van der Waals surface area contributed by atoms with Crippen LogP contribution in [0.3, 0.4) is 0 Å². The van der Waals surface area contributed by atoms with Gasteiger partial charge in [0.2, 0.25) is 5.82 Å². The molecular weight excluding hydrogens is 335 g/mol. The second kappa shape index (κ2) is 6.89. The van der Waals surface area contributed by atoms with E-state index in [0.717, 1.165) is 0 Å². The number of hydrogen-bond donors (Lipinski definition) is 0. The number of halogens is 5. The highest BCUT2D eigenvalue weighted by atomic mass is 19.2. The monoisotopic (exact) mass is 346 g/mol. The van der Waals surface area contributed by atoms with Crippen molar-refractivity contribution in [3.8, 4) is 0 Å². The van der Waals surface area contributed by atoms with Crippen molar-refractivity contribution in [1.29, 1.82) is 0 Å². The Morgan fingerprint density at radius 1 is 0.560 bits per heavy atom. The lowest BCUT2D eigenvalue weighted by molar-refractivity contribution is 0.376. The van der Waals surface area contributed by atoms with E-state index < -0.39 is 34.6 Å². The van der Waals surface area contributed by atoms with E-state index in [1.807, 2.05) is 0 Å². The molecule has 0 fully saturated rings. The molecule has 0 aliphatic heterocycles. The van der Waals surface area contributed by atoms with Gasteiger partial charge in [-0.3, -0.25) is 0 Å². The van der Waals surface area contributed by atoms with E-state index >= 15 is 0 Å². The van der Waals surface area contributed by atoms with Gasteiger partial charge in [-0.05, 0) is 22.8 Å². The molecule has 0 aromatic heterocycles. The van der Waals surface area contributed by atoms with Gasteiger partial charge >= 0.3 is 0 Å². The van der Waals surface area contributed by atoms with Crippen LogP contribution in [0, 0.1) is 29.1 Å². The Kier molecular flexibility index (Phi) is 4.65. The maximum atomic E-state index is 14.3. The SMILES string of the molecule is Fc1c(F)c(F)c(/C(=C/c2ccccc2)c2ccccc2)c(F)c1F. The van der Waals surface area contributed by atoms with Gasteiger partial charge in [0.15, 0.2) is 23.3 Å². The van der Waals surface area contributed by atoms with Crippen LogP contribution in [-0.2, 0) is 0 Å². The lowest BCUT2D eigenvalue weighted by atomic mass is 9.94. The van der Waals surface area contributed by atoms with E-state index in [-0.39, 0.29) is 5.57 Å². The predicted octanol–water partition coefficient (Wildman–Crippen LogP) is 5.97. The molecule has 0 saturated carbocycles. The second-order valence-electron chi connectivity index (χ2n) is 5.28. The standard InChI is InChI=1S/C20H11F5/c21-16-15(17(22)19(24)20(25)18(16)23)14(13-9-5-2-6-10-13)11-12-7-3-1-4-8-12/h1-11H/b14-11+. The van der Waals surface area contributed by atoms with Gasteiger partial charge in [-0.25, -0.2) is 22.0 Å². The largest absolute Gasteiger partial charge is 0.203 e. The number of rotatable bonds is 3. The highest BCUT2D eigenvalue weighted by molar-refractivity contribution is 5.91. The third kappa shape index (κ3) is 3.18. The lowest BCUT2D eigenvalue weighted by Gasteiger charge is -2.13. The molecule has 3 aromatic carbocycles. The minimum absolute atomic E-state index is 0.0976. The summed E-state index contributed by atoms with van der Waals surface area (Å²) in [7, 11) is 0. The van der Waals surface area contributed by atoms with Crippen molar-refractivity contribution < 1.29 is 22.0 Å². The number of benzene rings is 3. The maximum absolute atomic E-state index is 14.3. The Morgan fingerprint density at radius 2 is 1.00 bits per heavy atom. The van der Waals surface area contributed by atoms with Gasteiger partial charge in [-0.1, -0.05) is 60.7 Å². The molecule has 0 N–H and O–H groups in total. The van der Waals surface area contributed by atoms with Gasteiger partial charge in [0.05, 0.1) is 5.56 Å². The molecule has 0 heterocycles. The first-order valence-corrected chi connectivity index (χ1v) is 7.34. The minimum atomic E-state index is -2.18.